The number of nitrogens with one attached hydrogen (secondary N) is 1. The van der Waals surface area contributed by atoms with Crippen molar-refractivity contribution in [1.82, 2.24) is 0 Å². The lowest BCUT2D eigenvalue weighted by Gasteiger charge is -2.29. The van der Waals surface area contributed by atoms with Crippen molar-refractivity contribution in [3.63, 3.8) is 0 Å². The first-order valence-electron chi connectivity index (χ1n) is 6.44. The average Bonchev–Trinajstić information content (AvgIpc) is 2.27. The number of benzene rings is 1. The van der Waals surface area contributed by atoms with Crippen LogP contribution in [-0.2, 0) is 4.79 Å². The molecule has 3 heteroatoms. The van der Waals surface area contributed by atoms with Gasteiger partial charge in [0, 0.05) is 11.6 Å². The monoisotopic (exact) mass is 249 g/mol. The molecule has 0 aliphatic heterocycles. The third kappa shape index (κ3) is 4.06. The lowest BCUT2D eigenvalue weighted by Crippen LogP contribution is -2.33. The summed E-state index contributed by atoms with van der Waals surface area (Å²) in [4.78, 5) is 12.3. The third-order valence-corrected chi connectivity index (χ3v) is 3.07. The number of carbonyl (C=O) groups excluding carboxylic acids is 1. The summed E-state index contributed by atoms with van der Waals surface area (Å²) in [6.07, 6.45) is 1.87. The minimum Gasteiger partial charge on any atom is -0.508 e. The Morgan fingerprint density at radius 1 is 1.28 bits per heavy atom. The number of anilines is 1. The van der Waals surface area contributed by atoms with E-state index in [0.29, 0.717) is 0 Å². The Morgan fingerprint density at radius 3 is 2.28 bits per heavy atom. The number of amides is 1. The van der Waals surface area contributed by atoms with Gasteiger partial charge in [-0.2, -0.15) is 0 Å². The van der Waals surface area contributed by atoms with E-state index in [1.54, 1.807) is 24.3 Å². The van der Waals surface area contributed by atoms with Gasteiger partial charge in [-0.1, -0.05) is 34.1 Å². The molecule has 0 fully saturated rings. The first kappa shape index (κ1) is 14.6. The molecule has 1 aromatic carbocycles. The van der Waals surface area contributed by atoms with Gasteiger partial charge in [0.15, 0.2) is 0 Å². The van der Waals surface area contributed by atoms with Gasteiger partial charge >= 0.3 is 0 Å². The van der Waals surface area contributed by atoms with Crippen LogP contribution in [0.4, 0.5) is 5.69 Å². The van der Waals surface area contributed by atoms with Crippen molar-refractivity contribution in [2.24, 2.45) is 11.3 Å². The molecule has 0 spiro atoms. The summed E-state index contributed by atoms with van der Waals surface area (Å²) in [5.74, 6) is 0.250. The summed E-state index contributed by atoms with van der Waals surface area (Å²) in [5.41, 5.74) is 0.681. The Kier molecular flexibility index (Phi) is 4.76. The molecule has 1 aromatic rings. The second kappa shape index (κ2) is 5.89. The van der Waals surface area contributed by atoms with Crippen molar-refractivity contribution in [3.05, 3.63) is 24.3 Å². The van der Waals surface area contributed by atoms with Gasteiger partial charge in [-0.15, -0.1) is 0 Å². The fourth-order valence-electron chi connectivity index (χ4n) is 2.02. The molecule has 0 saturated carbocycles. The van der Waals surface area contributed by atoms with Crippen LogP contribution in [0, 0.1) is 11.3 Å². The molecule has 0 aromatic heterocycles. The van der Waals surface area contributed by atoms with E-state index in [4.69, 9.17) is 0 Å². The maximum absolute atomic E-state index is 12.3. The van der Waals surface area contributed by atoms with Gasteiger partial charge in [0.25, 0.3) is 0 Å². The summed E-state index contributed by atoms with van der Waals surface area (Å²) in [5, 5.41) is 12.1. The SMILES string of the molecule is CCCC(C(=O)Nc1ccc(O)cc1)C(C)(C)C. The lowest BCUT2D eigenvalue weighted by molar-refractivity contribution is -0.123. The highest BCUT2D eigenvalue weighted by atomic mass is 16.3. The molecule has 0 aliphatic carbocycles. The molecule has 0 bridgehead atoms. The highest BCUT2D eigenvalue weighted by Crippen LogP contribution is 2.31. The second-order valence-electron chi connectivity index (χ2n) is 5.74. The predicted molar refractivity (Wildman–Crippen MR) is 74.6 cm³/mol. The smallest absolute Gasteiger partial charge is 0.228 e. The van der Waals surface area contributed by atoms with Crippen molar-refractivity contribution in [2.75, 3.05) is 5.32 Å². The van der Waals surface area contributed by atoms with Gasteiger partial charge in [-0.25, -0.2) is 0 Å². The summed E-state index contributed by atoms with van der Waals surface area (Å²) >= 11 is 0. The van der Waals surface area contributed by atoms with Crippen molar-refractivity contribution in [2.45, 2.75) is 40.5 Å². The van der Waals surface area contributed by atoms with Crippen LogP contribution in [0.1, 0.15) is 40.5 Å². The van der Waals surface area contributed by atoms with Crippen LogP contribution in [-0.4, -0.2) is 11.0 Å². The number of aromatic hydroxyl groups is 1. The lowest BCUT2D eigenvalue weighted by atomic mass is 9.77. The molecule has 0 saturated heterocycles. The fraction of sp³-hybridized carbons (Fsp3) is 0.533. The summed E-state index contributed by atoms with van der Waals surface area (Å²) in [7, 11) is 0. The zero-order valence-electron chi connectivity index (χ0n) is 11.7. The van der Waals surface area contributed by atoms with E-state index in [0.717, 1.165) is 18.5 Å². The molecule has 1 amide bonds. The molecular weight excluding hydrogens is 226 g/mol. The molecule has 0 aliphatic rings. The standard InChI is InChI=1S/C15H23NO2/c1-5-6-13(15(2,3)4)14(18)16-11-7-9-12(17)10-8-11/h7-10,13,17H,5-6H2,1-4H3,(H,16,18). The molecular formula is C15H23NO2. The quantitative estimate of drug-likeness (QED) is 0.797. The van der Waals surface area contributed by atoms with Crippen molar-refractivity contribution >= 4 is 11.6 Å². The Balaban J connectivity index is 2.76. The highest BCUT2D eigenvalue weighted by molar-refractivity contribution is 5.93. The Labute approximate surface area is 109 Å². The Hall–Kier alpha value is -1.51. The molecule has 0 radical (unpaired) electrons. The number of rotatable bonds is 4. The van der Waals surface area contributed by atoms with E-state index in [-0.39, 0.29) is 23.0 Å². The minimum atomic E-state index is -0.0446. The second-order valence-corrected chi connectivity index (χ2v) is 5.74. The van der Waals surface area contributed by atoms with Crippen LogP contribution in [0.5, 0.6) is 5.75 Å². The first-order chi connectivity index (χ1) is 8.34. The predicted octanol–water partition coefficient (Wildman–Crippen LogP) is 3.79. The number of hydrogen-bond donors (Lipinski definition) is 2. The zero-order valence-corrected chi connectivity index (χ0v) is 11.7. The van der Waals surface area contributed by atoms with Crippen molar-refractivity contribution < 1.29 is 9.90 Å². The van der Waals surface area contributed by atoms with Crippen molar-refractivity contribution in [1.29, 1.82) is 0 Å². The number of carbonyl (C=O) groups is 1. The zero-order chi connectivity index (χ0) is 13.8. The van der Waals surface area contributed by atoms with Gasteiger partial charge < -0.3 is 10.4 Å². The van der Waals surface area contributed by atoms with Crippen LogP contribution in [0.15, 0.2) is 24.3 Å². The van der Waals surface area contributed by atoms with Crippen LogP contribution in [0.2, 0.25) is 0 Å². The van der Waals surface area contributed by atoms with E-state index in [9.17, 15) is 9.90 Å². The van der Waals surface area contributed by atoms with E-state index < -0.39 is 0 Å². The highest BCUT2D eigenvalue weighted by Gasteiger charge is 2.30. The van der Waals surface area contributed by atoms with Gasteiger partial charge in [0.05, 0.1) is 0 Å². The van der Waals surface area contributed by atoms with E-state index in [1.165, 1.54) is 0 Å². The summed E-state index contributed by atoms with van der Waals surface area (Å²) in [6, 6.07) is 6.56. The van der Waals surface area contributed by atoms with Gasteiger partial charge in [-0.3, -0.25) is 4.79 Å². The Bertz CT molecular complexity index is 390. The van der Waals surface area contributed by atoms with Gasteiger partial charge in [-0.05, 0) is 36.1 Å². The largest absolute Gasteiger partial charge is 0.508 e. The summed E-state index contributed by atoms with van der Waals surface area (Å²) in [6.45, 7) is 8.35. The molecule has 100 valence electrons. The molecule has 18 heavy (non-hydrogen) atoms. The van der Waals surface area contributed by atoms with Crippen LogP contribution in [0.25, 0.3) is 0 Å². The maximum Gasteiger partial charge on any atom is 0.228 e. The van der Waals surface area contributed by atoms with E-state index in [2.05, 4.69) is 33.0 Å². The van der Waals surface area contributed by atoms with E-state index in [1.807, 2.05) is 0 Å². The van der Waals surface area contributed by atoms with Gasteiger partial charge in [0.1, 0.15) is 5.75 Å². The molecule has 2 N–H and O–H groups in total. The van der Waals surface area contributed by atoms with Crippen molar-refractivity contribution in [3.8, 4) is 5.75 Å². The molecule has 1 atom stereocenters. The van der Waals surface area contributed by atoms with E-state index >= 15 is 0 Å². The number of phenols is 1. The third-order valence-electron chi connectivity index (χ3n) is 3.07. The minimum absolute atomic E-state index is 0.00342. The summed E-state index contributed by atoms with van der Waals surface area (Å²) < 4.78 is 0. The molecule has 3 nitrogen and oxygen atoms in total. The van der Waals surface area contributed by atoms with Crippen LogP contribution >= 0.6 is 0 Å². The van der Waals surface area contributed by atoms with Gasteiger partial charge in [0.2, 0.25) is 5.91 Å². The topological polar surface area (TPSA) is 49.3 Å². The maximum atomic E-state index is 12.3. The molecule has 1 rings (SSSR count). The average molecular weight is 249 g/mol. The normalized spacial score (nSPS) is 13.1. The number of phenolic OH excluding ortho intramolecular Hbond substituents is 1. The Morgan fingerprint density at radius 2 is 1.83 bits per heavy atom. The first-order valence-corrected chi connectivity index (χ1v) is 6.44. The molecule has 0 heterocycles. The van der Waals surface area contributed by atoms with Crippen LogP contribution < -0.4 is 5.32 Å². The fourth-order valence-corrected chi connectivity index (χ4v) is 2.02. The number of hydrogen-bond acceptors (Lipinski definition) is 2. The van der Waals surface area contributed by atoms with Crippen LogP contribution in [0.3, 0.4) is 0 Å². The molecule has 1 unspecified atom stereocenters.